The molecule has 1 unspecified atom stereocenters. The summed E-state index contributed by atoms with van der Waals surface area (Å²) >= 11 is 1.77. The molecule has 0 radical (unpaired) electrons. The highest BCUT2D eigenvalue weighted by atomic mass is 32.1. The molecule has 1 aromatic heterocycles. The molecule has 19 heavy (non-hydrogen) atoms. The first-order valence-electron chi connectivity index (χ1n) is 6.35. The van der Waals surface area contributed by atoms with Crippen molar-refractivity contribution in [2.24, 2.45) is 5.92 Å². The standard InChI is InChI=1S/C15H20N2OS/c1-10(2)15(14-5-4-8-19-14)17-11-6-7-12(16)13(9-11)18-3/h4-10,15,17H,16H2,1-3H3. The highest BCUT2D eigenvalue weighted by Gasteiger charge is 2.17. The fraction of sp³-hybridized carbons (Fsp3) is 0.333. The number of nitrogens with two attached hydrogens (primary N) is 1. The molecule has 3 N–H and O–H groups in total. The second kappa shape index (κ2) is 5.97. The van der Waals surface area contributed by atoms with Gasteiger partial charge in [0, 0.05) is 16.6 Å². The lowest BCUT2D eigenvalue weighted by Crippen LogP contribution is -2.15. The number of rotatable bonds is 5. The van der Waals surface area contributed by atoms with Crippen LogP contribution in [0.25, 0.3) is 0 Å². The first kappa shape index (κ1) is 13.7. The van der Waals surface area contributed by atoms with Crippen LogP contribution in [0.3, 0.4) is 0 Å². The van der Waals surface area contributed by atoms with E-state index in [2.05, 4.69) is 36.7 Å². The minimum Gasteiger partial charge on any atom is -0.495 e. The van der Waals surface area contributed by atoms with Crippen molar-refractivity contribution < 1.29 is 4.74 Å². The Balaban J connectivity index is 2.22. The van der Waals surface area contributed by atoms with Gasteiger partial charge >= 0.3 is 0 Å². The Morgan fingerprint density at radius 3 is 2.63 bits per heavy atom. The number of hydrogen-bond donors (Lipinski definition) is 2. The summed E-state index contributed by atoms with van der Waals surface area (Å²) in [6.07, 6.45) is 0. The van der Waals surface area contributed by atoms with Crippen LogP contribution in [-0.2, 0) is 0 Å². The molecule has 1 atom stereocenters. The molecule has 0 aliphatic heterocycles. The summed E-state index contributed by atoms with van der Waals surface area (Å²) in [5.74, 6) is 1.21. The van der Waals surface area contributed by atoms with Gasteiger partial charge in [0.2, 0.25) is 0 Å². The van der Waals surface area contributed by atoms with Crippen molar-refractivity contribution >= 4 is 22.7 Å². The molecule has 2 aromatic rings. The Kier molecular flexibility index (Phi) is 4.32. The van der Waals surface area contributed by atoms with Crippen LogP contribution in [0, 0.1) is 5.92 Å². The molecule has 1 heterocycles. The number of hydrogen-bond acceptors (Lipinski definition) is 4. The van der Waals surface area contributed by atoms with E-state index in [9.17, 15) is 0 Å². The van der Waals surface area contributed by atoms with Crippen molar-refractivity contribution in [2.45, 2.75) is 19.9 Å². The second-order valence-electron chi connectivity index (χ2n) is 4.84. The van der Waals surface area contributed by atoms with Crippen molar-refractivity contribution in [3.8, 4) is 5.75 Å². The van der Waals surface area contributed by atoms with Crippen LogP contribution >= 0.6 is 11.3 Å². The summed E-state index contributed by atoms with van der Waals surface area (Å²) < 4.78 is 5.26. The Hall–Kier alpha value is -1.68. The van der Waals surface area contributed by atoms with Crippen molar-refractivity contribution in [1.29, 1.82) is 0 Å². The average molecular weight is 276 g/mol. The number of nitrogen functional groups attached to an aromatic ring is 1. The van der Waals surface area contributed by atoms with Gasteiger partial charge in [-0.25, -0.2) is 0 Å². The third-order valence-corrected chi connectivity index (χ3v) is 4.03. The summed E-state index contributed by atoms with van der Waals surface area (Å²) in [5.41, 5.74) is 7.52. The maximum atomic E-state index is 5.83. The summed E-state index contributed by atoms with van der Waals surface area (Å²) in [6.45, 7) is 4.43. The quantitative estimate of drug-likeness (QED) is 0.807. The van der Waals surface area contributed by atoms with E-state index in [0.717, 1.165) is 5.69 Å². The number of ether oxygens (including phenoxy) is 1. The van der Waals surface area contributed by atoms with Gasteiger partial charge < -0.3 is 15.8 Å². The molecule has 1 aromatic carbocycles. The van der Waals surface area contributed by atoms with E-state index < -0.39 is 0 Å². The molecule has 0 saturated heterocycles. The second-order valence-corrected chi connectivity index (χ2v) is 5.82. The van der Waals surface area contributed by atoms with Crippen molar-refractivity contribution in [3.63, 3.8) is 0 Å². The SMILES string of the molecule is COc1cc(NC(c2cccs2)C(C)C)ccc1N. The molecule has 102 valence electrons. The van der Waals surface area contributed by atoms with E-state index in [1.807, 2.05) is 18.2 Å². The van der Waals surface area contributed by atoms with Crippen LogP contribution in [0.15, 0.2) is 35.7 Å². The molecule has 0 amide bonds. The maximum Gasteiger partial charge on any atom is 0.143 e. The molecule has 4 heteroatoms. The summed E-state index contributed by atoms with van der Waals surface area (Å²) in [5, 5.41) is 5.66. The molecule has 3 nitrogen and oxygen atoms in total. The lowest BCUT2D eigenvalue weighted by Gasteiger charge is -2.23. The average Bonchev–Trinajstić information content (AvgIpc) is 2.91. The molecule has 0 aliphatic carbocycles. The summed E-state index contributed by atoms with van der Waals surface area (Å²) in [6, 6.07) is 10.3. The van der Waals surface area contributed by atoms with Gasteiger partial charge in [-0.15, -0.1) is 11.3 Å². The molecule has 0 spiro atoms. The van der Waals surface area contributed by atoms with Crippen LogP contribution in [-0.4, -0.2) is 7.11 Å². The minimum atomic E-state index is 0.299. The zero-order chi connectivity index (χ0) is 13.8. The lowest BCUT2D eigenvalue weighted by atomic mass is 10.0. The van der Waals surface area contributed by atoms with E-state index in [0.29, 0.717) is 23.4 Å². The van der Waals surface area contributed by atoms with E-state index in [1.54, 1.807) is 18.4 Å². The highest BCUT2D eigenvalue weighted by Crippen LogP contribution is 2.32. The first-order valence-corrected chi connectivity index (χ1v) is 7.23. The van der Waals surface area contributed by atoms with E-state index in [4.69, 9.17) is 10.5 Å². The van der Waals surface area contributed by atoms with Gasteiger partial charge in [-0.05, 0) is 29.5 Å². The largest absolute Gasteiger partial charge is 0.495 e. The summed E-state index contributed by atoms with van der Waals surface area (Å²) in [4.78, 5) is 1.34. The number of anilines is 2. The Labute approximate surface area is 118 Å². The van der Waals surface area contributed by atoms with Crippen molar-refractivity contribution in [1.82, 2.24) is 0 Å². The van der Waals surface area contributed by atoms with Crippen LogP contribution in [0.5, 0.6) is 5.75 Å². The van der Waals surface area contributed by atoms with Gasteiger partial charge in [-0.1, -0.05) is 19.9 Å². The molecule has 0 bridgehead atoms. The fourth-order valence-corrected chi connectivity index (χ4v) is 2.96. The first-order chi connectivity index (χ1) is 9.11. The van der Waals surface area contributed by atoms with E-state index in [-0.39, 0.29) is 0 Å². The predicted octanol–water partition coefficient (Wildman–Crippen LogP) is 4.15. The lowest BCUT2D eigenvalue weighted by molar-refractivity contribution is 0.417. The molecule has 0 saturated carbocycles. The zero-order valence-corrected chi connectivity index (χ0v) is 12.3. The smallest absolute Gasteiger partial charge is 0.143 e. The number of methoxy groups -OCH3 is 1. The molecular formula is C15H20N2OS. The molecule has 2 rings (SSSR count). The monoisotopic (exact) mass is 276 g/mol. The predicted molar refractivity (Wildman–Crippen MR) is 82.9 cm³/mol. The topological polar surface area (TPSA) is 47.3 Å². The molecule has 0 fully saturated rings. The van der Waals surface area contributed by atoms with E-state index in [1.165, 1.54) is 4.88 Å². The Morgan fingerprint density at radius 1 is 1.26 bits per heavy atom. The van der Waals surface area contributed by atoms with Crippen molar-refractivity contribution in [2.75, 3.05) is 18.2 Å². The normalized spacial score (nSPS) is 12.4. The van der Waals surface area contributed by atoms with Crippen molar-refractivity contribution in [3.05, 3.63) is 40.6 Å². The highest BCUT2D eigenvalue weighted by molar-refractivity contribution is 7.10. The van der Waals surface area contributed by atoms with Gasteiger partial charge in [-0.3, -0.25) is 0 Å². The maximum absolute atomic E-state index is 5.83. The third-order valence-electron chi connectivity index (χ3n) is 3.07. The van der Waals surface area contributed by atoms with Gasteiger partial charge in [0.15, 0.2) is 0 Å². The van der Waals surface area contributed by atoms with Crippen LogP contribution < -0.4 is 15.8 Å². The van der Waals surface area contributed by atoms with Crippen LogP contribution in [0.2, 0.25) is 0 Å². The fourth-order valence-electron chi connectivity index (χ4n) is 2.02. The number of nitrogens with one attached hydrogen (secondary N) is 1. The van der Waals surface area contributed by atoms with Gasteiger partial charge in [0.25, 0.3) is 0 Å². The zero-order valence-electron chi connectivity index (χ0n) is 11.5. The third kappa shape index (κ3) is 3.20. The number of thiophene rings is 1. The van der Waals surface area contributed by atoms with Gasteiger partial charge in [0.1, 0.15) is 5.75 Å². The van der Waals surface area contributed by atoms with Gasteiger partial charge in [0.05, 0.1) is 18.8 Å². The minimum absolute atomic E-state index is 0.299. The van der Waals surface area contributed by atoms with Gasteiger partial charge in [-0.2, -0.15) is 0 Å². The van der Waals surface area contributed by atoms with Crippen LogP contribution in [0.4, 0.5) is 11.4 Å². The Bertz CT molecular complexity index is 523. The summed E-state index contributed by atoms with van der Waals surface area (Å²) in [7, 11) is 1.63. The number of benzene rings is 1. The molecule has 0 aliphatic rings. The molecular weight excluding hydrogens is 256 g/mol. The van der Waals surface area contributed by atoms with Crippen LogP contribution in [0.1, 0.15) is 24.8 Å². The van der Waals surface area contributed by atoms with E-state index >= 15 is 0 Å². The Morgan fingerprint density at radius 2 is 2.05 bits per heavy atom.